The number of nitro groups is 1. The summed E-state index contributed by atoms with van der Waals surface area (Å²) in [6.45, 7) is 2.12. The van der Waals surface area contributed by atoms with Crippen LogP contribution >= 0.6 is 11.8 Å². The first-order chi connectivity index (χ1) is 9.67. The number of benzene rings is 1. The van der Waals surface area contributed by atoms with Crippen molar-refractivity contribution in [2.24, 2.45) is 0 Å². The topological polar surface area (TPSA) is 68.1 Å². The molecule has 1 N–H and O–H groups in total. The highest BCUT2D eigenvalue weighted by atomic mass is 32.2. The molecule has 0 bridgehead atoms. The molecule has 1 aromatic carbocycles. The highest BCUT2D eigenvalue weighted by molar-refractivity contribution is 7.98. The first-order valence-corrected chi connectivity index (χ1v) is 7.84. The van der Waals surface area contributed by atoms with Crippen molar-refractivity contribution in [3.8, 4) is 0 Å². The number of fused-ring (bicyclic) bond motifs is 1. The number of pyridine rings is 1. The molecule has 0 radical (unpaired) electrons. The Morgan fingerprint density at radius 1 is 1.45 bits per heavy atom. The van der Waals surface area contributed by atoms with Gasteiger partial charge in [0.1, 0.15) is 5.52 Å². The fourth-order valence-corrected chi connectivity index (χ4v) is 2.84. The van der Waals surface area contributed by atoms with Crippen LogP contribution in [0.15, 0.2) is 30.5 Å². The maximum Gasteiger partial charge on any atom is 0.295 e. The van der Waals surface area contributed by atoms with Gasteiger partial charge in [-0.25, -0.2) is 4.98 Å². The van der Waals surface area contributed by atoms with Crippen molar-refractivity contribution in [1.82, 2.24) is 4.98 Å². The molecule has 0 spiro atoms. The van der Waals surface area contributed by atoms with Gasteiger partial charge in [0.2, 0.25) is 0 Å². The van der Waals surface area contributed by atoms with Crippen molar-refractivity contribution >= 4 is 34.0 Å². The number of nitrogens with zero attached hydrogens (tertiary/aromatic N) is 2. The van der Waals surface area contributed by atoms with Gasteiger partial charge in [-0.15, -0.1) is 0 Å². The van der Waals surface area contributed by atoms with Crippen molar-refractivity contribution in [3.05, 3.63) is 40.6 Å². The molecule has 1 unspecified atom stereocenters. The summed E-state index contributed by atoms with van der Waals surface area (Å²) in [6.07, 6.45) is 4.68. The number of hydrogen-bond donors (Lipinski definition) is 1. The monoisotopic (exact) mass is 291 g/mol. The number of anilines is 1. The smallest absolute Gasteiger partial charge is 0.295 e. The molecule has 5 nitrogen and oxygen atoms in total. The third-order valence-corrected chi connectivity index (χ3v) is 3.90. The van der Waals surface area contributed by atoms with Crippen LogP contribution in [0, 0.1) is 10.1 Å². The highest BCUT2D eigenvalue weighted by Gasteiger charge is 2.15. The molecule has 1 aromatic heterocycles. The Hall–Kier alpha value is -1.82. The standard InChI is InChI=1S/C14H17N3O2S/c1-3-10(9-20-2)16-12-7-8-15-14-11(12)5-4-6-13(14)17(18)19/h4-8,10H,3,9H2,1-2H3,(H,15,16). The van der Waals surface area contributed by atoms with Gasteiger partial charge in [-0.2, -0.15) is 11.8 Å². The quantitative estimate of drug-likeness (QED) is 0.649. The first-order valence-electron chi connectivity index (χ1n) is 6.45. The summed E-state index contributed by atoms with van der Waals surface area (Å²) in [4.78, 5) is 14.8. The summed E-state index contributed by atoms with van der Waals surface area (Å²) in [5.41, 5.74) is 1.38. The average Bonchev–Trinajstić information content (AvgIpc) is 2.46. The SMILES string of the molecule is CCC(CSC)Nc1ccnc2c([N+](=O)[O-])cccc12. The van der Waals surface area contributed by atoms with Crippen molar-refractivity contribution < 1.29 is 4.92 Å². The summed E-state index contributed by atoms with van der Waals surface area (Å²) in [5.74, 6) is 0.995. The van der Waals surface area contributed by atoms with E-state index in [1.54, 1.807) is 24.0 Å². The van der Waals surface area contributed by atoms with E-state index in [0.717, 1.165) is 23.2 Å². The van der Waals surface area contributed by atoms with E-state index in [2.05, 4.69) is 23.5 Å². The molecule has 0 aliphatic heterocycles. The molecule has 1 heterocycles. The molecule has 20 heavy (non-hydrogen) atoms. The lowest BCUT2D eigenvalue weighted by Crippen LogP contribution is -2.21. The number of hydrogen-bond acceptors (Lipinski definition) is 5. The molecule has 0 aliphatic rings. The summed E-state index contributed by atoms with van der Waals surface area (Å²) < 4.78 is 0. The van der Waals surface area contributed by atoms with E-state index in [0.29, 0.717) is 11.6 Å². The van der Waals surface area contributed by atoms with Gasteiger partial charge >= 0.3 is 0 Å². The number of nitro benzene ring substituents is 1. The third kappa shape index (κ3) is 3.01. The molecular formula is C14H17N3O2S. The fourth-order valence-electron chi connectivity index (χ4n) is 2.12. The summed E-state index contributed by atoms with van der Waals surface area (Å²) >= 11 is 1.78. The van der Waals surface area contributed by atoms with Crippen molar-refractivity contribution in [3.63, 3.8) is 0 Å². The van der Waals surface area contributed by atoms with E-state index in [1.807, 2.05) is 12.1 Å². The van der Waals surface area contributed by atoms with Gasteiger partial charge in [-0.3, -0.25) is 10.1 Å². The molecule has 1 atom stereocenters. The summed E-state index contributed by atoms with van der Waals surface area (Å²) in [6, 6.07) is 7.26. The fraction of sp³-hybridized carbons (Fsp3) is 0.357. The van der Waals surface area contributed by atoms with Gasteiger partial charge in [0.05, 0.1) is 4.92 Å². The number of nitrogens with one attached hydrogen (secondary N) is 1. The van der Waals surface area contributed by atoms with Crippen molar-refractivity contribution in [1.29, 1.82) is 0 Å². The molecular weight excluding hydrogens is 274 g/mol. The van der Waals surface area contributed by atoms with Crippen LogP contribution in [-0.4, -0.2) is 28.0 Å². The third-order valence-electron chi connectivity index (χ3n) is 3.17. The van der Waals surface area contributed by atoms with Crippen LogP contribution in [0.5, 0.6) is 0 Å². The van der Waals surface area contributed by atoms with E-state index in [-0.39, 0.29) is 5.69 Å². The number of thioether (sulfide) groups is 1. The van der Waals surface area contributed by atoms with Gasteiger partial charge in [-0.1, -0.05) is 19.1 Å². The molecule has 0 amide bonds. The molecule has 0 fully saturated rings. The Kier molecular flexibility index (Phi) is 4.79. The van der Waals surface area contributed by atoms with Crippen LogP contribution in [0.2, 0.25) is 0 Å². The molecule has 0 saturated carbocycles. The van der Waals surface area contributed by atoms with E-state index in [1.165, 1.54) is 6.07 Å². The van der Waals surface area contributed by atoms with Gasteiger partial charge in [0.15, 0.2) is 0 Å². The Labute approximate surface area is 121 Å². The molecule has 2 aromatic rings. The van der Waals surface area contributed by atoms with Crippen LogP contribution in [0.25, 0.3) is 10.9 Å². The van der Waals surface area contributed by atoms with Gasteiger partial charge in [-0.05, 0) is 18.7 Å². The Balaban J connectivity index is 2.44. The van der Waals surface area contributed by atoms with Crippen LogP contribution in [0.3, 0.4) is 0 Å². The van der Waals surface area contributed by atoms with Gasteiger partial charge < -0.3 is 5.32 Å². The minimum absolute atomic E-state index is 0.0454. The summed E-state index contributed by atoms with van der Waals surface area (Å²) in [7, 11) is 0. The second kappa shape index (κ2) is 6.56. The number of para-hydroxylation sites is 1. The average molecular weight is 291 g/mol. The summed E-state index contributed by atoms with van der Waals surface area (Å²) in [5, 5.41) is 15.3. The van der Waals surface area contributed by atoms with Crippen LogP contribution < -0.4 is 5.32 Å². The minimum Gasteiger partial charge on any atom is -0.381 e. The van der Waals surface area contributed by atoms with Crippen LogP contribution in [0.4, 0.5) is 11.4 Å². The normalized spacial score (nSPS) is 12.3. The first kappa shape index (κ1) is 14.6. The van der Waals surface area contributed by atoms with Gasteiger partial charge in [0.25, 0.3) is 5.69 Å². The predicted octanol–water partition coefficient (Wildman–Crippen LogP) is 3.70. The highest BCUT2D eigenvalue weighted by Crippen LogP contribution is 2.29. The molecule has 0 saturated heterocycles. The number of rotatable bonds is 6. The van der Waals surface area contributed by atoms with E-state index >= 15 is 0 Å². The number of non-ortho nitro benzene ring substituents is 1. The Morgan fingerprint density at radius 3 is 2.90 bits per heavy atom. The lowest BCUT2D eigenvalue weighted by molar-refractivity contribution is -0.383. The zero-order valence-electron chi connectivity index (χ0n) is 11.5. The molecule has 106 valence electrons. The Bertz CT molecular complexity index is 618. The van der Waals surface area contributed by atoms with E-state index < -0.39 is 4.92 Å². The van der Waals surface area contributed by atoms with Crippen molar-refractivity contribution in [2.45, 2.75) is 19.4 Å². The van der Waals surface area contributed by atoms with Crippen LogP contribution in [-0.2, 0) is 0 Å². The van der Waals surface area contributed by atoms with E-state index in [4.69, 9.17) is 0 Å². The maximum atomic E-state index is 11.0. The zero-order chi connectivity index (χ0) is 14.5. The second-order valence-corrected chi connectivity index (χ2v) is 5.40. The lowest BCUT2D eigenvalue weighted by Gasteiger charge is -2.18. The minimum atomic E-state index is -0.391. The predicted molar refractivity (Wildman–Crippen MR) is 84.5 cm³/mol. The van der Waals surface area contributed by atoms with Gasteiger partial charge in [0, 0.05) is 35.1 Å². The lowest BCUT2D eigenvalue weighted by atomic mass is 10.1. The number of aromatic nitrogens is 1. The largest absolute Gasteiger partial charge is 0.381 e. The second-order valence-electron chi connectivity index (χ2n) is 4.49. The van der Waals surface area contributed by atoms with E-state index in [9.17, 15) is 10.1 Å². The zero-order valence-corrected chi connectivity index (χ0v) is 12.3. The molecule has 6 heteroatoms. The molecule has 2 rings (SSSR count). The van der Waals surface area contributed by atoms with Crippen molar-refractivity contribution in [2.75, 3.05) is 17.3 Å². The maximum absolute atomic E-state index is 11.0. The molecule has 0 aliphatic carbocycles. The van der Waals surface area contributed by atoms with Crippen LogP contribution in [0.1, 0.15) is 13.3 Å². The Morgan fingerprint density at radius 2 is 2.25 bits per heavy atom.